The number of nitrogens with zero attached hydrogens (tertiary/aromatic N) is 2. The molecule has 0 saturated heterocycles. The molecule has 0 unspecified atom stereocenters. The van der Waals surface area contributed by atoms with Gasteiger partial charge in [-0.3, -0.25) is 10.1 Å². The highest BCUT2D eigenvalue weighted by Crippen LogP contribution is 2.26. The first-order chi connectivity index (χ1) is 9.10. The number of rotatable bonds is 5. The van der Waals surface area contributed by atoms with Crippen LogP contribution in [-0.2, 0) is 6.54 Å². The molecule has 2 rings (SSSR count). The Balaban J connectivity index is 2.19. The molecule has 0 spiro atoms. The molecular weight excluding hydrogens is 332 g/mol. The van der Waals surface area contributed by atoms with E-state index in [4.69, 9.17) is 0 Å². The Morgan fingerprint density at radius 1 is 1.42 bits per heavy atom. The van der Waals surface area contributed by atoms with Crippen LogP contribution in [0.25, 0.3) is 0 Å². The van der Waals surface area contributed by atoms with Crippen LogP contribution in [0.1, 0.15) is 4.88 Å². The molecule has 2 aromatic heterocycles. The van der Waals surface area contributed by atoms with Gasteiger partial charge >= 0.3 is 5.69 Å². The summed E-state index contributed by atoms with van der Waals surface area (Å²) in [6, 6.07) is 6.90. The van der Waals surface area contributed by atoms with Crippen LogP contribution in [0.2, 0.25) is 0 Å². The highest BCUT2D eigenvalue weighted by Gasteiger charge is 2.15. The van der Waals surface area contributed by atoms with Gasteiger partial charge in [-0.2, -0.15) is 0 Å². The third-order valence-electron chi connectivity index (χ3n) is 2.39. The number of aromatic nitrogens is 1. The van der Waals surface area contributed by atoms with Crippen LogP contribution in [0, 0.1) is 10.1 Å². The molecule has 2 heterocycles. The minimum absolute atomic E-state index is 0.0328. The van der Waals surface area contributed by atoms with E-state index < -0.39 is 4.92 Å². The van der Waals surface area contributed by atoms with Crippen molar-refractivity contribution in [1.29, 1.82) is 0 Å². The maximum absolute atomic E-state index is 10.9. The predicted molar refractivity (Wildman–Crippen MR) is 79.8 cm³/mol. The largest absolute Gasteiger partial charge is 0.373 e. The van der Waals surface area contributed by atoms with E-state index in [0.717, 1.165) is 8.66 Å². The van der Waals surface area contributed by atoms with Crippen LogP contribution in [0.5, 0.6) is 0 Å². The highest BCUT2D eigenvalue weighted by atomic mass is 79.9. The minimum Gasteiger partial charge on any atom is -0.373 e. The quantitative estimate of drug-likeness (QED) is 0.642. The van der Waals surface area contributed by atoms with Crippen LogP contribution in [-0.4, -0.2) is 17.0 Å². The van der Waals surface area contributed by atoms with Gasteiger partial charge in [0.25, 0.3) is 0 Å². The molecule has 6 nitrogen and oxygen atoms in total. The lowest BCUT2D eigenvalue weighted by molar-refractivity contribution is -0.384. The van der Waals surface area contributed by atoms with Gasteiger partial charge in [0.2, 0.25) is 5.82 Å². The van der Waals surface area contributed by atoms with E-state index in [1.165, 1.54) is 6.07 Å². The molecule has 8 heteroatoms. The molecule has 0 fully saturated rings. The third-order valence-corrected chi connectivity index (χ3v) is 4.01. The van der Waals surface area contributed by atoms with Crippen molar-refractivity contribution in [1.82, 2.24) is 4.98 Å². The number of anilines is 2. The first-order valence-corrected chi connectivity index (χ1v) is 7.02. The van der Waals surface area contributed by atoms with Crippen LogP contribution in [0.3, 0.4) is 0 Å². The molecule has 0 aromatic carbocycles. The molecule has 2 N–H and O–H groups in total. The molecule has 2 aromatic rings. The van der Waals surface area contributed by atoms with Crippen molar-refractivity contribution in [3.8, 4) is 0 Å². The monoisotopic (exact) mass is 342 g/mol. The maximum Gasteiger partial charge on any atom is 0.311 e. The summed E-state index contributed by atoms with van der Waals surface area (Å²) in [5.74, 6) is 0.849. The summed E-state index contributed by atoms with van der Waals surface area (Å²) in [4.78, 5) is 15.7. The molecule has 0 aliphatic rings. The van der Waals surface area contributed by atoms with Gasteiger partial charge in [0.05, 0.1) is 15.3 Å². The molecule has 0 bridgehead atoms. The fraction of sp³-hybridized carbons (Fsp3) is 0.182. The normalized spacial score (nSPS) is 10.2. The van der Waals surface area contributed by atoms with E-state index in [9.17, 15) is 10.1 Å². The number of thiophene rings is 1. The van der Waals surface area contributed by atoms with Crippen molar-refractivity contribution in [2.24, 2.45) is 0 Å². The van der Waals surface area contributed by atoms with E-state index in [-0.39, 0.29) is 11.5 Å². The van der Waals surface area contributed by atoms with E-state index >= 15 is 0 Å². The second-order valence-electron chi connectivity index (χ2n) is 3.63. The Hall–Kier alpha value is -1.67. The lowest BCUT2D eigenvalue weighted by Gasteiger charge is -2.07. The van der Waals surface area contributed by atoms with Gasteiger partial charge in [-0.05, 0) is 34.1 Å². The summed E-state index contributed by atoms with van der Waals surface area (Å²) in [5.41, 5.74) is -0.0328. The fourth-order valence-corrected chi connectivity index (χ4v) is 2.91. The molecule has 0 aliphatic heterocycles. The second-order valence-corrected chi connectivity index (χ2v) is 6.18. The summed E-state index contributed by atoms with van der Waals surface area (Å²) in [6.45, 7) is 0.497. The van der Waals surface area contributed by atoms with Crippen LogP contribution < -0.4 is 10.6 Å². The van der Waals surface area contributed by atoms with Crippen molar-refractivity contribution < 1.29 is 4.92 Å². The molecular formula is C11H11BrN4O2S. The second kappa shape index (κ2) is 5.98. The van der Waals surface area contributed by atoms with Crippen molar-refractivity contribution in [2.75, 3.05) is 17.7 Å². The molecule has 0 saturated carbocycles. The highest BCUT2D eigenvalue weighted by molar-refractivity contribution is 9.11. The van der Waals surface area contributed by atoms with E-state index in [1.54, 1.807) is 24.5 Å². The first kappa shape index (κ1) is 13.8. The number of nitrogens with one attached hydrogen (secondary N) is 2. The Morgan fingerprint density at radius 2 is 2.21 bits per heavy atom. The van der Waals surface area contributed by atoms with Crippen molar-refractivity contribution in [3.05, 3.63) is 43.0 Å². The third kappa shape index (κ3) is 3.42. The lowest BCUT2D eigenvalue weighted by Crippen LogP contribution is -2.05. The number of halogens is 1. The number of pyridine rings is 1. The summed E-state index contributed by atoms with van der Waals surface area (Å²) in [5, 5.41) is 16.8. The Bertz CT molecular complexity index is 602. The zero-order valence-electron chi connectivity index (χ0n) is 10.0. The first-order valence-electron chi connectivity index (χ1n) is 5.41. The number of hydrogen-bond donors (Lipinski definition) is 2. The predicted octanol–water partition coefficient (Wildman–Crippen LogP) is 3.47. The Morgan fingerprint density at radius 3 is 2.79 bits per heavy atom. The smallest absolute Gasteiger partial charge is 0.311 e. The summed E-state index contributed by atoms with van der Waals surface area (Å²) < 4.78 is 1.02. The van der Waals surface area contributed by atoms with Crippen LogP contribution in [0.4, 0.5) is 17.3 Å². The molecule has 19 heavy (non-hydrogen) atoms. The van der Waals surface area contributed by atoms with E-state index in [1.807, 2.05) is 12.1 Å². The fourth-order valence-electron chi connectivity index (χ4n) is 1.49. The Kier molecular flexibility index (Phi) is 4.33. The topological polar surface area (TPSA) is 80.1 Å². The zero-order chi connectivity index (χ0) is 13.8. The van der Waals surface area contributed by atoms with E-state index in [0.29, 0.717) is 12.4 Å². The summed E-state index contributed by atoms with van der Waals surface area (Å²) in [7, 11) is 1.72. The van der Waals surface area contributed by atoms with Gasteiger partial charge in [-0.1, -0.05) is 0 Å². The van der Waals surface area contributed by atoms with Gasteiger partial charge in [0.1, 0.15) is 5.82 Å². The summed E-state index contributed by atoms with van der Waals surface area (Å²) in [6.07, 6.45) is 0. The van der Waals surface area contributed by atoms with Gasteiger partial charge in [0, 0.05) is 18.0 Å². The van der Waals surface area contributed by atoms with E-state index in [2.05, 4.69) is 31.5 Å². The summed E-state index contributed by atoms with van der Waals surface area (Å²) >= 11 is 4.95. The minimum atomic E-state index is -0.445. The lowest BCUT2D eigenvalue weighted by atomic mass is 10.3. The maximum atomic E-state index is 10.9. The standard InChI is InChI=1S/C11H11BrN4O2S/c1-13-10-5-3-8(16(17)18)11(15-10)14-6-7-2-4-9(12)19-7/h2-5H,6H2,1H3,(H2,13,14,15). The Labute approximate surface area is 122 Å². The van der Waals surface area contributed by atoms with Crippen molar-refractivity contribution >= 4 is 44.6 Å². The molecule has 100 valence electrons. The SMILES string of the molecule is CNc1ccc([N+](=O)[O-])c(NCc2ccc(Br)s2)n1. The van der Waals surface area contributed by atoms with Crippen molar-refractivity contribution in [3.63, 3.8) is 0 Å². The average molecular weight is 343 g/mol. The van der Waals surface area contributed by atoms with Crippen molar-refractivity contribution in [2.45, 2.75) is 6.54 Å². The van der Waals surface area contributed by atoms with Gasteiger partial charge in [0.15, 0.2) is 0 Å². The number of hydrogen-bond acceptors (Lipinski definition) is 6. The zero-order valence-corrected chi connectivity index (χ0v) is 12.4. The van der Waals surface area contributed by atoms with Crippen LogP contribution >= 0.6 is 27.3 Å². The van der Waals surface area contributed by atoms with Crippen LogP contribution in [0.15, 0.2) is 28.1 Å². The molecule has 0 radical (unpaired) electrons. The van der Waals surface area contributed by atoms with Gasteiger partial charge < -0.3 is 10.6 Å². The average Bonchev–Trinajstić information content (AvgIpc) is 2.81. The van der Waals surface area contributed by atoms with Gasteiger partial charge in [-0.25, -0.2) is 4.98 Å². The molecule has 0 amide bonds. The molecule has 0 atom stereocenters. The number of nitro groups is 1. The molecule has 0 aliphatic carbocycles. The van der Waals surface area contributed by atoms with Gasteiger partial charge in [-0.15, -0.1) is 11.3 Å².